The summed E-state index contributed by atoms with van der Waals surface area (Å²) in [4.78, 5) is 17.7. The van der Waals surface area contributed by atoms with Crippen LogP contribution in [0.2, 0.25) is 0 Å². The van der Waals surface area contributed by atoms with Crippen molar-refractivity contribution < 1.29 is 35.8 Å². The molecule has 0 unspecified atom stereocenters. The number of nitrogens with zero attached hydrogens (tertiary/aromatic N) is 1. The van der Waals surface area contributed by atoms with Crippen LogP contribution in [0.15, 0.2) is 76.9 Å². The van der Waals surface area contributed by atoms with Crippen molar-refractivity contribution in [1.29, 1.82) is 0 Å². The zero-order valence-electron chi connectivity index (χ0n) is 36.4. The summed E-state index contributed by atoms with van der Waals surface area (Å²) >= 11 is 0. The van der Waals surface area contributed by atoms with Gasteiger partial charge in [0.25, 0.3) is 0 Å². The number of para-hydroxylation sites is 1. The molecule has 6 aromatic rings. The van der Waals surface area contributed by atoms with Crippen LogP contribution in [0, 0.1) is 36.7 Å². The van der Waals surface area contributed by atoms with Gasteiger partial charge in [0, 0.05) is 58.8 Å². The van der Waals surface area contributed by atoms with Crippen LogP contribution in [-0.2, 0) is 36.7 Å². The summed E-state index contributed by atoms with van der Waals surface area (Å²) in [5.74, 6) is 0.254. The molecular weight excluding hydrogens is 855 g/mol. The fourth-order valence-corrected chi connectivity index (χ4v) is 7.43. The molecule has 4 nitrogen and oxygen atoms in total. The number of allylic oxidation sites excluding steroid dienone is 2. The zero-order chi connectivity index (χ0) is 40.6. The van der Waals surface area contributed by atoms with Crippen LogP contribution in [0.1, 0.15) is 125 Å². The maximum Gasteiger partial charge on any atom is 0.164 e. The first-order valence-electron chi connectivity index (χ1n) is 20.5. The molecule has 1 radical (unpaired) electrons. The Balaban J connectivity index is 0.000000314. The molecule has 295 valence electrons. The molecule has 6 rings (SSSR count). The van der Waals surface area contributed by atoms with Crippen LogP contribution in [0.25, 0.3) is 54.9 Å². The molecule has 0 spiro atoms. The third-order valence-electron chi connectivity index (χ3n) is 11.9. The van der Waals surface area contributed by atoms with Crippen LogP contribution in [0.5, 0.6) is 0 Å². The van der Waals surface area contributed by atoms with Crippen LogP contribution >= 0.6 is 0 Å². The Morgan fingerprint density at radius 3 is 2.07 bits per heavy atom. The van der Waals surface area contributed by atoms with Crippen molar-refractivity contribution in [2.24, 2.45) is 16.7 Å². The average Bonchev–Trinajstić information content (AvgIpc) is 3.55. The SMILES string of the molecule is Cc1cc(C)c2c(c1)nc(-c1[c-]c3ccccc3c(C(C)(C)C)c1)c1c3cccc(CC(C)C)c3oc21.[2H]/C(C(=O)C(C)(CC)CC)=C(/O)C(C)(CC)CC.[Ir]. The number of pyridine rings is 1. The number of carbonyl (C=O) groups excluding carboxylic acids is 1. The first kappa shape index (κ1) is 42.4. The fraction of sp³-hybridized carbons (Fsp3) is 0.440. The number of ketones is 1. The number of rotatable bonds is 10. The zero-order valence-corrected chi connectivity index (χ0v) is 37.8. The van der Waals surface area contributed by atoms with Gasteiger partial charge in [0.15, 0.2) is 5.78 Å². The average molecular weight is 918 g/mol. The van der Waals surface area contributed by atoms with Crippen molar-refractivity contribution >= 4 is 49.4 Å². The van der Waals surface area contributed by atoms with Gasteiger partial charge in [-0.15, -0.1) is 29.1 Å². The molecule has 0 bridgehead atoms. The third-order valence-corrected chi connectivity index (χ3v) is 11.9. The minimum Gasteiger partial charge on any atom is -0.512 e. The van der Waals surface area contributed by atoms with Crippen LogP contribution in [0.3, 0.4) is 0 Å². The molecule has 0 atom stereocenters. The van der Waals surface area contributed by atoms with Gasteiger partial charge in [0.1, 0.15) is 16.9 Å². The second-order valence-corrected chi connectivity index (χ2v) is 17.4. The van der Waals surface area contributed by atoms with Gasteiger partial charge in [-0.1, -0.05) is 130 Å². The topological polar surface area (TPSA) is 63.3 Å². The standard InChI is InChI=1S/C35H34NO.C15H28O2.Ir/c1-20(2)15-24-12-10-14-27-31-32(25-18-23-11-8-9-13-26(23)28(19-25)35(5,6)7)36-29-17-21(3)16-22(4)30(29)34(31)37-33(24)27;1-7-14(5,8-2)12(16)11-13(17)15(6,9-3)10-4;/h8-14,16-17,19-20H,15H2,1-7H3;11,16H,7-10H2,1-6H3;/q-1;;/b;12-11-;/i;11D;. The first-order chi connectivity index (χ1) is 25.8. The van der Waals surface area contributed by atoms with E-state index in [1.54, 1.807) is 0 Å². The van der Waals surface area contributed by atoms with Gasteiger partial charge in [-0.2, -0.15) is 0 Å². The molecule has 5 heteroatoms. The molecule has 1 N–H and O–H groups in total. The van der Waals surface area contributed by atoms with Gasteiger partial charge in [0.2, 0.25) is 0 Å². The molecule has 55 heavy (non-hydrogen) atoms. The van der Waals surface area contributed by atoms with Gasteiger partial charge in [0.05, 0.1) is 6.89 Å². The number of aromatic nitrogens is 1. The number of hydrogen-bond donors (Lipinski definition) is 1. The summed E-state index contributed by atoms with van der Waals surface area (Å²) in [5, 5.41) is 15.9. The number of furan rings is 1. The second-order valence-electron chi connectivity index (χ2n) is 17.4. The van der Waals surface area contributed by atoms with Crippen molar-refractivity contribution in [1.82, 2.24) is 4.98 Å². The number of aliphatic hydroxyl groups is 1. The molecule has 2 heterocycles. The van der Waals surface area contributed by atoms with E-state index in [0.717, 1.165) is 68.7 Å². The predicted octanol–water partition coefficient (Wildman–Crippen LogP) is 14.5. The maximum atomic E-state index is 12.3. The van der Waals surface area contributed by atoms with E-state index in [9.17, 15) is 9.90 Å². The monoisotopic (exact) mass is 918 g/mol. The summed E-state index contributed by atoms with van der Waals surface area (Å²) in [6.45, 7) is 27.3. The summed E-state index contributed by atoms with van der Waals surface area (Å²) in [5.41, 5.74) is 8.81. The van der Waals surface area contributed by atoms with Crippen LogP contribution in [-0.4, -0.2) is 15.9 Å². The quantitative estimate of drug-likeness (QED) is 0.0845. The number of aryl methyl sites for hydroxylation is 2. The van der Waals surface area contributed by atoms with E-state index < -0.39 is 10.8 Å². The van der Waals surface area contributed by atoms with Gasteiger partial charge < -0.3 is 9.52 Å². The molecule has 0 fully saturated rings. The van der Waals surface area contributed by atoms with Crippen molar-refractivity contribution in [3.63, 3.8) is 0 Å². The largest absolute Gasteiger partial charge is 0.512 e. The Hall–Kier alpha value is -3.79. The van der Waals surface area contributed by atoms with E-state index in [0.29, 0.717) is 18.8 Å². The molecule has 0 saturated heterocycles. The number of hydrogen-bond acceptors (Lipinski definition) is 4. The number of benzene rings is 4. The molecule has 0 amide bonds. The minimum atomic E-state index is -0.534. The number of fused-ring (bicyclic) bond motifs is 6. The van der Waals surface area contributed by atoms with Crippen molar-refractivity contribution in [2.75, 3.05) is 0 Å². The van der Waals surface area contributed by atoms with Gasteiger partial charge in [-0.25, -0.2) is 0 Å². The van der Waals surface area contributed by atoms with E-state index >= 15 is 0 Å². The Labute approximate surface area is 345 Å². The maximum absolute atomic E-state index is 12.3. The summed E-state index contributed by atoms with van der Waals surface area (Å²) in [7, 11) is 0. The van der Waals surface area contributed by atoms with Gasteiger partial charge >= 0.3 is 0 Å². The Kier molecular flexibility index (Phi) is 13.2. The van der Waals surface area contributed by atoms with E-state index in [-0.39, 0.29) is 43.1 Å². The molecular formula is C50H62IrNO3-. The Morgan fingerprint density at radius 1 is 0.855 bits per heavy atom. The fourth-order valence-electron chi connectivity index (χ4n) is 7.43. The van der Waals surface area contributed by atoms with Crippen LogP contribution in [0.4, 0.5) is 0 Å². The normalized spacial score (nSPS) is 13.2. The third kappa shape index (κ3) is 8.79. The number of carbonyl (C=O) groups is 1. The first-order valence-corrected chi connectivity index (χ1v) is 20.0. The van der Waals surface area contributed by atoms with Crippen molar-refractivity contribution in [3.8, 4) is 11.3 Å². The second kappa shape index (κ2) is 17.1. The van der Waals surface area contributed by atoms with E-state index in [4.69, 9.17) is 10.8 Å². The van der Waals surface area contributed by atoms with Crippen molar-refractivity contribution in [2.45, 2.75) is 128 Å². The molecule has 0 saturated carbocycles. The molecule has 0 aliphatic heterocycles. The molecule has 0 aliphatic rings. The smallest absolute Gasteiger partial charge is 0.164 e. The van der Waals surface area contributed by atoms with E-state index in [1.165, 1.54) is 27.6 Å². The Morgan fingerprint density at radius 2 is 1.47 bits per heavy atom. The molecule has 4 aromatic carbocycles. The van der Waals surface area contributed by atoms with E-state index in [1.807, 2.05) is 41.5 Å². The van der Waals surface area contributed by atoms with Crippen LogP contribution < -0.4 is 0 Å². The molecule has 0 aliphatic carbocycles. The Bertz CT molecular complexity index is 2400. The molecule has 2 aromatic heterocycles. The minimum absolute atomic E-state index is 0. The van der Waals surface area contributed by atoms with Crippen molar-refractivity contribution in [3.05, 3.63) is 101 Å². The summed E-state index contributed by atoms with van der Waals surface area (Å²) in [6, 6.07) is 25.4. The summed E-state index contributed by atoms with van der Waals surface area (Å²) in [6.07, 6.45) is 3.80. The van der Waals surface area contributed by atoms with E-state index in [2.05, 4.69) is 115 Å². The predicted molar refractivity (Wildman–Crippen MR) is 231 cm³/mol. The summed E-state index contributed by atoms with van der Waals surface area (Å²) < 4.78 is 14.8. The van der Waals surface area contributed by atoms with Gasteiger partial charge in [-0.3, -0.25) is 9.78 Å². The van der Waals surface area contributed by atoms with Gasteiger partial charge in [-0.05, 0) is 80.0 Å². The number of aliphatic hydroxyl groups excluding tert-OH is 1.